The van der Waals surface area contributed by atoms with Crippen LogP contribution in [0, 0.1) is 13.8 Å². The highest BCUT2D eigenvalue weighted by atomic mass is 14.9. The minimum Gasteiger partial charge on any atom is -0.228 e. The summed E-state index contributed by atoms with van der Waals surface area (Å²) >= 11 is 0. The molecule has 6 rings (SSSR count). The van der Waals surface area contributed by atoms with Gasteiger partial charge in [-0.25, -0.2) is 9.97 Å². The second-order valence-electron chi connectivity index (χ2n) is 10.6. The molecule has 0 bridgehead atoms. The number of aryl methyl sites for hydroxylation is 2. The third kappa shape index (κ3) is 3.70. The summed E-state index contributed by atoms with van der Waals surface area (Å²) in [4.78, 5) is 10.4. The van der Waals surface area contributed by atoms with Gasteiger partial charge in [0.2, 0.25) is 0 Å². The van der Waals surface area contributed by atoms with Gasteiger partial charge in [-0.3, -0.25) is 0 Å². The Morgan fingerprint density at radius 2 is 1.32 bits per heavy atom. The van der Waals surface area contributed by atoms with E-state index < -0.39 is 0 Å². The smallest absolute Gasteiger partial charge is 0.160 e. The van der Waals surface area contributed by atoms with Crippen molar-refractivity contribution in [3.05, 3.63) is 107 Å². The monoisotopic (exact) mass is 482 g/mol. The molecule has 0 atom stereocenters. The zero-order valence-corrected chi connectivity index (χ0v) is 22.3. The highest BCUT2D eigenvalue weighted by molar-refractivity contribution is 5.95. The van der Waals surface area contributed by atoms with Gasteiger partial charge in [0, 0.05) is 21.9 Å². The number of fused-ring (bicyclic) bond motifs is 4. The maximum Gasteiger partial charge on any atom is 0.160 e. The molecule has 0 radical (unpaired) electrons. The van der Waals surface area contributed by atoms with E-state index in [1.165, 1.54) is 38.9 Å². The fourth-order valence-corrected chi connectivity index (χ4v) is 6.70. The molecule has 0 saturated carbocycles. The lowest BCUT2D eigenvalue weighted by Crippen LogP contribution is -2.25. The van der Waals surface area contributed by atoms with Crippen molar-refractivity contribution < 1.29 is 0 Å². The summed E-state index contributed by atoms with van der Waals surface area (Å²) in [5.74, 6) is 0.803. The Morgan fingerprint density at radius 3 is 2.08 bits per heavy atom. The molecule has 1 aromatic heterocycles. The van der Waals surface area contributed by atoms with Crippen molar-refractivity contribution in [2.45, 2.75) is 58.8 Å². The molecule has 4 aromatic carbocycles. The number of hydrogen-bond donors (Lipinski definition) is 0. The summed E-state index contributed by atoms with van der Waals surface area (Å²) in [7, 11) is 0. The fourth-order valence-electron chi connectivity index (χ4n) is 6.70. The van der Waals surface area contributed by atoms with Gasteiger partial charge in [-0.15, -0.1) is 0 Å². The molecule has 184 valence electrons. The molecule has 0 aliphatic heterocycles. The highest BCUT2D eigenvalue weighted by Gasteiger charge is 2.41. The van der Waals surface area contributed by atoms with E-state index in [1.54, 1.807) is 0 Å². The predicted molar refractivity (Wildman–Crippen MR) is 156 cm³/mol. The molecule has 0 spiro atoms. The Bertz CT molecular complexity index is 1600. The topological polar surface area (TPSA) is 25.8 Å². The molecule has 1 aliphatic rings. The lowest BCUT2D eigenvalue weighted by Gasteiger charge is -2.32. The van der Waals surface area contributed by atoms with Gasteiger partial charge in [-0.05, 0) is 72.2 Å². The maximum atomic E-state index is 5.27. The van der Waals surface area contributed by atoms with Gasteiger partial charge in [0.1, 0.15) is 0 Å². The SMILES string of the molecule is CCCC1(CCC)c2ccccc2-c2ccc(-c3nc(-c4c(C)cccc4C)c4ccccc4n3)cc21. The quantitative estimate of drug-likeness (QED) is 0.241. The van der Waals surface area contributed by atoms with Gasteiger partial charge < -0.3 is 0 Å². The number of rotatable bonds is 6. The fraction of sp³-hybridized carbons (Fsp3) is 0.257. The standard InChI is InChI=1S/C35H34N2/c1-5-20-35(21-6-2)29-16-9-7-14-26(29)27-19-18-25(22-30(27)35)34-36-31-17-10-8-15-28(31)33(37-34)32-23(3)12-11-13-24(32)4/h7-19,22H,5-6,20-21H2,1-4H3. The van der Waals surface area contributed by atoms with Crippen LogP contribution in [0.25, 0.3) is 44.7 Å². The zero-order chi connectivity index (χ0) is 25.6. The second kappa shape index (κ2) is 9.27. The van der Waals surface area contributed by atoms with E-state index >= 15 is 0 Å². The molecule has 5 aromatic rings. The normalized spacial score (nSPS) is 13.5. The number of benzene rings is 4. The molecule has 0 fully saturated rings. The summed E-state index contributed by atoms with van der Waals surface area (Å²) in [6, 6.07) is 30.9. The molecule has 2 nitrogen and oxygen atoms in total. The minimum atomic E-state index is 0.0533. The summed E-state index contributed by atoms with van der Waals surface area (Å²) in [6.45, 7) is 8.97. The molecule has 0 unspecified atom stereocenters. The first kappa shape index (κ1) is 23.6. The lowest BCUT2D eigenvalue weighted by molar-refractivity contribution is 0.436. The second-order valence-corrected chi connectivity index (χ2v) is 10.6. The van der Waals surface area contributed by atoms with Crippen molar-refractivity contribution in [3.63, 3.8) is 0 Å². The van der Waals surface area contributed by atoms with Gasteiger partial charge in [-0.2, -0.15) is 0 Å². The Kier molecular flexibility index (Phi) is 5.91. The molecule has 2 heteroatoms. The third-order valence-corrected chi connectivity index (χ3v) is 8.20. The van der Waals surface area contributed by atoms with Gasteiger partial charge in [0.05, 0.1) is 11.2 Å². The van der Waals surface area contributed by atoms with Gasteiger partial charge in [-0.1, -0.05) is 99.5 Å². The first-order valence-electron chi connectivity index (χ1n) is 13.7. The number of nitrogens with zero attached hydrogens (tertiary/aromatic N) is 2. The van der Waals surface area contributed by atoms with Crippen molar-refractivity contribution >= 4 is 10.9 Å². The van der Waals surface area contributed by atoms with E-state index in [0.29, 0.717) is 0 Å². The number of para-hydroxylation sites is 1. The molecular formula is C35H34N2. The van der Waals surface area contributed by atoms with Crippen LogP contribution < -0.4 is 0 Å². The van der Waals surface area contributed by atoms with E-state index in [0.717, 1.165) is 53.7 Å². The summed E-state index contributed by atoms with van der Waals surface area (Å²) in [5.41, 5.74) is 12.5. The van der Waals surface area contributed by atoms with Gasteiger partial charge in [0.25, 0.3) is 0 Å². The van der Waals surface area contributed by atoms with Crippen LogP contribution in [0.4, 0.5) is 0 Å². The molecule has 37 heavy (non-hydrogen) atoms. The highest BCUT2D eigenvalue weighted by Crippen LogP contribution is 2.54. The maximum absolute atomic E-state index is 5.27. The number of aromatic nitrogens is 2. The molecule has 1 aliphatic carbocycles. The first-order valence-corrected chi connectivity index (χ1v) is 13.7. The van der Waals surface area contributed by atoms with E-state index in [-0.39, 0.29) is 5.41 Å². The Morgan fingerprint density at radius 1 is 0.649 bits per heavy atom. The van der Waals surface area contributed by atoms with Crippen LogP contribution in [0.5, 0.6) is 0 Å². The lowest BCUT2D eigenvalue weighted by atomic mass is 9.71. The molecule has 1 heterocycles. The molecule has 0 saturated heterocycles. The summed E-state index contributed by atoms with van der Waals surface area (Å²) in [6.07, 6.45) is 4.61. The van der Waals surface area contributed by atoms with Crippen molar-refractivity contribution in [1.29, 1.82) is 0 Å². The Balaban J connectivity index is 1.60. The Labute approximate surface area is 220 Å². The van der Waals surface area contributed by atoms with E-state index in [2.05, 4.69) is 113 Å². The largest absolute Gasteiger partial charge is 0.228 e. The Hall–Kier alpha value is -3.78. The van der Waals surface area contributed by atoms with E-state index in [4.69, 9.17) is 9.97 Å². The van der Waals surface area contributed by atoms with Crippen molar-refractivity contribution in [1.82, 2.24) is 9.97 Å². The van der Waals surface area contributed by atoms with Crippen molar-refractivity contribution in [3.8, 4) is 33.8 Å². The van der Waals surface area contributed by atoms with Crippen LogP contribution in [0.2, 0.25) is 0 Å². The molecule has 0 amide bonds. The zero-order valence-electron chi connectivity index (χ0n) is 22.3. The van der Waals surface area contributed by atoms with Gasteiger partial charge in [0.15, 0.2) is 5.82 Å². The number of hydrogen-bond acceptors (Lipinski definition) is 2. The van der Waals surface area contributed by atoms with Crippen LogP contribution >= 0.6 is 0 Å². The molecule has 0 N–H and O–H groups in total. The average molecular weight is 483 g/mol. The summed E-state index contributed by atoms with van der Waals surface area (Å²) in [5, 5.41) is 1.10. The van der Waals surface area contributed by atoms with Crippen LogP contribution in [-0.2, 0) is 5.41 Å². The van der Waals surface area contributed by atoms with Gasteiger partial charge >= 0.3 is 0 Å². The summed E-state index contributed by atoms with van der Waals surface area (Å²) < 4.78 is 0. The van der Waals surface area contributed by atoms with Crippen molar-refractivity contribution in [2.24, 2.45) is 0 Å². The van der Waals surface area contributed by atoms with Crippen molar-refractivity contribution in [2.75, 3.05) is 0 Å². The molecular weight excluding hydrogens is 448 g/mol. The van der Waals surface area contributed by atoms with Crippen LogP contribution in [0.15, 0.2) is 84.9 Å². The third-order valence-electron chi connectivity index (χ3n) is 8.20. The average Bonchev–Trinajstić information content (AvgIpc) is 3.18. The van der Waals surface area contributed by atoms with Crippen LogP contribution in [0.3, 0.4) is 0 Å². The first-order chi connectivity index (χ1) is 18.1. The van der Waals surface area contributed by atoms with E-state index in [9.17, 15) is 0 Å². The van der Waals surface area contributed by atoms with Crippen LogP contribution in [0.1, 0.15) is 61.8 Å². The predicted octanol–water partition coefficient (Wildman–Crippen LogP) is 9.45. The van der Waals surface area contributed by atoms with Crippen LogP contribution in [-0.4, -0.2) is 9.97 Å². The van der Waals surface area contributed by atoms with E-state index in [1.807, 2.05) is 0 Å². The minimum absolute atomic E-state index is 0.0533.